The molecule has 0 aliphatic rings. The van der Waals surface area contributed by atoms with Gasteiger partial charge in [0.1, 0.15) is 23.0 Å². The van der Waals surface area contributed by atoms with E-state index >= 15 is 0 Å². The van der Waals surface area contributed by atoms with Crippen molar-refractivity contribution in [2.24, 2.45) is 0 Å². The molecule has 0 spiro atoms. The minimum atomic E-state index is -0.356. The van der Waals surface area contributed by atoms with E-state index in [1.54, 1.807) is 37.3 Å². The van der Waals surface area contributed by atoms with Gasteiger partial charge in [-0.15, -0.1) is 0 Å². The number of aromatic amines is 1. The van der Waals surface area contributed by atoms with Crippen molar-refractivity contribution < 1.29 is 28.8 Å². The van der Waals surface area contributed by atoms with E-state index in [0.717, 1.165) is 35.5 Å². The third kappa shape index (κ3) is 7.64. The first-order valence-electron chi connectivity index (χ1n) is 12.8. The normalized spacial score (nSPS) is 10.7. The molecule has 0 aliphatic carbocycles. The molecular weight excluding hydrogens is 518 g/mol. The van der Waals surface area contributed by atoms with E-state index in [1.807, 2.05) is 36.4 Å². The van der Waals surface area contributed by atoms with Crippen LogP contribution < -0.4 is 19.1 Å². The number of hydrogen-bond acceptors (Lipinski definition) is 8. The topological polar surface area (TPSA) is 107 Å². The zero-order chi connectivity index (χ0) is 27.6. The van der Waals surface area contributed by atoms with Crippen LogP contribution in [0.25, 0.3) is 10.4 Å². The van der Waals surface area contributed by atoms with Gasteiger partial charge in [0.05, 0.1) is 30.3 Å². The van der Waals surface area contributed by atoms with E-state index < -0.39 is 0 Å². The lowest BCUT2D eigenvalue weighted by Gasteiger charge is -2.14. The highest BCUT2D eigenvalue weighted by Crippen LogP contribution is 2.32. The maximum Gasteiger partial charge on any atom is 0.338 e. The van der Waals surface area contributed by atoms with Crippen molar-refractivity contribution in [3.05, 3.63) is 87.5 Å². The third-order valence-electron chi connectivity index (χ3n) is 5.69. The van der Waals surface area contributed by atoms with Gasteiger partial charge in [0.2, 0.25) is 5.88 Å². The Labute approximate surface area is 230 Å². The lowest BCUT2D eigenvalue weighted by molar-refractivity contribution is 0.0526. The molecule has 0 radical (unpaired) electrons. The number of ether oxygens (including phenoxy) is 4. The summed E-state index contributed by atoms with van der Waals surface area (Å²) >= 11 is 0.953. The molecule has 0 fully saturated rings. The molecule has 0 saturated heterocycles. The Hall–Kier alpha value is -4.24. The lowest BCUT2D eigenvalue weighted by atomic mass is 10.1. The van der Waals surface area contributed by atoms with Gasteiger partial charge < -0.3 is 24.1 Å². The van der Waals surface area contributed by atoms with E-state index in [4.69, 9.17) is 18.9 Å². The van der Waals surface area contributed by atoms with Gasteiger partial charge in [-0.1, -0.05) is 36.8 Å². The molecule has 0 bridgehead atoms. The fourth-order valence-corrected chi connectivity index (χ4v) is 4.63. The van der Waals surface area contributed by atoms with Crippen molar-refractivity contribution in [3.8, 4) is 39.3 Å². The van der Waals surface area contributed by atoms with E-state index in [1.165, 1.54) is 0 Å². The van der Waals surface area contributed by atoms with Gasteiger partial charge in [0.15, 0.2) is 0 Å². The SMILES string of the molecule is CCCc1cc(Oc2ccc(C(=O)OCC)cc2)ccc1OCCCOc1cccc(-c2sc(=O)[nH]c2O)c1. The standard InChI is InChI=1S/C30H31NO7S/c1-3-7-21-18-25(38-23-12-10-20(11-13-23)29(33)35-4-2)14-15-26(21)37-17-6-16-36-24-9-5-8-22(19-24)27-28(32)31-30(34)39-27/h5,8-15,18-19,32H,3-4,6-7,16-17H2,1-2H3,(H,31,34). The number of benzene rings is 3. The van der Waals surface area contributed by atoms with Crippen LogP contribution in [-0.2, 0) is 11.2 Å². The van der Waals surface area contributed by atoms with Crippen LogP contribution in [-0.4, -0.2) is 35.9 Å². The Morgan fingerprint density at radius 1 is 0.923 bits per heavy atom. The van der Waals surface area contributed by atoms with Crippen LogP contribution in [0.3, 0.4) is 0 Å². The smallest absolute Gasteiger partial charge is 0.338 e. The summed E-state index contributed by atoms with van der Waals surface area (Å²) in [6, 6.07) is 19.9. The fraction of sp³-hybridized carbons (Fsp3) is 0.267. The highest BCUT2D eigenvalue weighted by Gasteiger charge is 2.11. The molecule has 1 heterocycles. The summed E-state index contributed by atoms with van der Waals surface area (Å²) in [6.45, 7) is 5.14. The molecule has 0 amide bonds. The minimum absolute atomic E-state index is 0.137. The maximum atomic E-state index is 11.8. The second-order valence-corrected chi connectivity index (χ2v) is 9.62. The van der Waals surface area contributed by atoms with Gasteiger partial charge >= 0.3 is 10.8 Å². The molecule has 3 aromatic carbocycles. The zero-order valence-electron chi connectivity index (χ0n) is 21.9. The van der Waals surface area contributed by atoms with Crippen LogP contribution in [0.4, 0.5) is 0 Å². The second-order valence-electron chi connectivity index (χ2n) is 8.64. The van der Waals surface area contributed by atoms with E-state index in [0.29, 0.717) is 59.5 Å². The Morgan fingerprint density at radius 2 is 1.69 bits per heavy atom. The van der Waals surface area contributed by atoms with Gasteiger partial charge in [-0.05, 0) is 73.5 Å². The molecule has 4 rings (SSSR count). The van der Waals surface area contributed by atoms with Gasteiger partial charge in [-0.3, -0.25) is 9.78 Å². The largest absolute Gasteiger partial charge is 0.493 e. The van der Waals surface area contributed by atoms with Crippen molar-refractivity contribution in [2.75, 3.05) is 19.8 Å². The molecule has 0 atom stereocenters. The monoisotopic (exact) mass is 549 g/mol. The summed E-state index contributed by atoms with van der Waals surface area (Å²) in [7, 11) is 0. The Morgan fingerprint density at radius 3 is 2.41 bits per heavy atom. The van der Waals surface area contributed by atoms with Gasteiger partial charge in [0.25, 0.3) is 0 Å². The Bertz CT molecular complexity index is 1440. The number of aryl methyl sites for hydroxylation is 1. The van der Waals surface area contributed by atoms with Crippen molar-refractivity contribution >= 4 is 17.3 Å². The van der Waals surface area contributed by atoms with Crippen LogP contribution in [0.2, 0.25) is 0 Å². The number of H-pyrrole nitrogens is 1. The highest BCUT2D eigenvalue weighted by atomic mass is 32.1. The van der Waals surface area contributed by atoms with E-state index in [-0.39, 0.29) is 16.7 Å². The van der Waals surface area contributed by atoms with Crippen LogP contribution in [0.15, 0.2) is 71.5 Å². The summed E-state index contributed by atoms with van der Waals surface area (Å²) in [4.78, 5) is 25.9. The zero-order valence-corrected chi connectivity index (χ0v) is 22.7. The van der Waals surface area contributed by atoms with Crippen LogP contribution in [0, 0.1) is 0 Å². The first-order chi connectivity index (χ1) is 19.0. The number of rotatable bonds is 13. The molecule has 4 aromatic rings. The fourth-order valence-electron chi connectivity index (χ4n) is 3.91. The summed E-state index contributed by atoms with van der Waals surface area (Å²) in [5, 5.41) is 9.90. The predicted molar refractivity (Wildman–Crippen MR) is 151 cm³/mol. The van der Waals surface area contributed by atoms with Crippen LogP contribution in [0.5, 0.6) is 28.9 Å². The Kier molecular flexibility index (Phi) is 9.64. The lowest BCUT2D eigenvalue weighted by Crippen LogP contribution is -2.06. The third-order valence-corrected chi connectivity index (χ3v) is 6.61. The number of esters is 1. The number of carbonyl (C=O) groups excluding carboxylic acids is 1. The molecule has 2 N–H and O–H groups in total. The summed E-state index contributed by atoms with van der Waals surface area (Å²) in [6.07, 6.45) is 2.47. The number of nitrogens with one attached hydrogen (secondary N) is 1. The van der Waals surface area contributed by atoms with Crippen LogP contribution in [0.1, 0.15) is 42.6 Å². The number of aromatic hydroxyl groups is 1. The molecule has 1 aromatic heterocycles. The molecule has 8 nitrogen and oxygen atoms in total. The van der Waals surface area contributed by atoms with Crippen LogP contribution >= 0.6 is 11.3 Å². The van der Waals surface area contributed by atoms with Crippen molar-refractivity contribution in [1.29, 1.82) is 0 Å². The molecule has 0 saturated carbocycles. The number of hydrogen-bond donors (Lipinski definition) is 2. The van der Waals surface area contributed by atoms with Crippen molar-refractivity contribution in [3.63, 3.8) is 0 Å². The summed E-state index contributed by atoms with van der Waals surface area (Å²) < 4.78 is 22.9. The quantitative estimate of drug-likeness (QED) is 0.143. The first-order valence-corrected chi connectivity index (χ1v) is 13.6. The number of aromatic nitrogens is 1. The van der Waals surface area contributed by atoms with Crippen molar-refractivity contribution in [1.82, 2.24) is 4.98 Å². The number of thiazole rings is 1. The van der Waals surface area contributed by atoms with Crippen molar-refractivity contribution in [2.45, 2.75) is 33.1 Å². The molecule has 204 valence electrons. The second kappa shape index (κ2) is 13.5. The predicted octanol–water partition coefficient (Wildman–Crippen LogP) is 6.58. The maximum absolute atomic E-state index is 11.8. The van der Waals surface area contributed by atoms with Gasteiger partial charge in [-0.25, -0.2) is 4.79 Å². The summed E-state index contributed by atoms with van der Waals surface area (Å²) in [5.41, 5.74) is 2.25. The summed E-state index contributed by atoms with van der Waals surface area (Å²) in [5.74, 6) is 2.28. The Balaban J connectivity index is 1.30. The van der Waals surface area contributed by atoms with Gasteiger partial charge in [0, 0.05) is 12.0 Å². The van der Waals surface area contributed by atoms with E-state index in [9.17, 15) is 14.7 Å². The molecular formula is C30H31NO7S. The highest BCUT2D eigenvalue weighted by molar-refractivity contribution is 7.13. The minimum Gasteiger partial charge on any atom is -0.493 e. The number of carbonyl (C=O) groups is 1. The average molecular weight is 550 g/mol. The average Bonchev–Trinajstić information content (AvgIpc) is 3.28. The first kappa shape index (κ1) is 27.8. The molecule has 0 unspecified atom stereocenters. The molecule has 0 aliphatic heterocycles. The van der Waals surface area contributed by atoms with Gasteiger partial charge in [-0.2, -0.15) is 0 Å². The molecule has 9 heteroatoms. The van der Waals surface area contributed by atoms with E-state index in [2.05, 4.69) is 11.9 Å². The molecule has 39 heavy (non-hydrogen) atoms.